The van der Waals surface area contributed by atoms with Gasteiger partial charge in [0.2, 0.25) is 32.6 Å². The van der Waals surface area contributed by atoms with E-state index in [9.17, 15) is 102 Å². The Morgan fingerprint density at radius 2 is 0.722 bits per heavy atom. The lowest BCUT2D eigenvalue weighted by Gasteiger charge is -2.28. The fraction of sp³-hybridized carbons (Fsp3) is 0.310. The molecular formula is C87H74ClF9N6O23. The van der Waals surface area contributed by atoms with Gasteiger partial charge in [0.05, 0.1) is 96.3 Å². The zero-order chi connectivity index (χ0) is 91.9. The van der Waals surface area contributed by atoms with Gasteiger partial charge in [-0.25, -0.2) is 50.7 Å². The first kappa shape index (κ1) is 89.8. The number of halogens is 10. The lowest BCUT2D eigenvalue weighted by atomic mass is 10.0. The molecule has 6 N–H and O–H groups in total. The number of aromatic carboxylic acids is 6. The molecule has 0 spiro atoms. The van der Waals surface area contributed by atoms with E-state index in [-0.39, 0.29) is 120 Å². The number of hydrogen-bond donors (Lipinski definition) is 6. The summed E-state index contributed by atoms with van der Waals surface area (Å²) in [5.74, 6) is -8.51. The van der Waals surface area contributed by atoms with E-state index in [2.05, 4.69) is 9.47 Å². The third-order valence-corrected chi connectivity index (χ3v) is 22.6. The van der Waals surface area contributed by atoms with Crippen LogP contribution in [0.25, 0.3) is 65.4 Å². The van der Waals surface area contributed by atoms with E-state index < -0.39 is 142 Å². The first-order valence-corrected chi connectivity index (χ1v) is 39.0. The van der Waals surface area contributed by atoms with Crippen molar-refractivity contribution in [3.63, 3.8) is 0 Å². The molecule has 4 fully saturated rings. The molecule has 6 aliphatic rings. The second-order valence-electron chi connectivity index (χ2n) is 30.7. The van der Waals surface area contributed by atoms with Crippen LogP contribution in [-0.4, -0.2) is 146 Å². The van der Waals surface area contributed by atoms with E-state index in [1.807, 2.05) is 18.4 Å². The zero-order valence-corrected chi connectivity index (χ0v) is 68.2. The Kier molecular flexibility index (Phi) is 24.9. The zero-order valence-electron chi connectivity index (χ0n) is 67.5. The molecule has 660 valence electrons. The summed E-state index contributed by atoms with van der Waals surface area (Å²) in [6.45, 7) is 5.02. The lowest BCUT2D eigenvalue weighted by Crippen LogP contribution is -2.29. The Morgan fingerprint density at radius 3 is 1.06 bits per heavy atom. The third kappa shape index (κ3) is 16.9. The molecule has 8 heterocycles. The Bertz CT molecular complexity index is 7040. The number of carboxylic acid groups (broad SMARTS) is 6. The van der Waals surface area contributed by atoms with Crippen LogP contribution in [0.15, 0.2) is 127 Å². The van der Waals surface area contributed by atoms with Crippen molar-refractivity contribution >= 4 is 113 Å². The molecule has 12 aromatic rings. The molecule has 18 rings (SSSR count). The van der Waals surface area contributed by atoms with Crippen molar-refractivity contribution in [3.8, 4) is 28.7 Å². The maximum absolute atomic E-state index is 13.9. The fourth-order valence-corrected chi connectivity index (χ4v) is 15.4. The summed E-state index contributed by atoms with van der Waals surface area (Å²) in [6.07, 6.45) is 9.05. The molecule has 0 amide bonds. The number of alkyl halides is 7. The first-order valence-electron chi connectivity index (χ1n) is 38.6. The number of ether oxygens (including phenoxy) is 5. The second-order valence-corrected chi connectivity index (χ2v) is 31.1. The number of benzene rings is 6. The van der Waals surface area contributed by atoms with Crippen LogP contribution in [0, 0.1) is 53.2 Å². The van der Waals surface area contributed by atoms with Crippen LogP contribution >= 0.6 is 11.6 Å². The van der Waals surface area contributed by atoms with E-state index >= 15 is 0 Å². The topological polar surface area (TPSA) is 402 Å². The highest BCUT2D eigenvalue weighted by atomic mass is 35.5. The van der Waals surface area contributed by atoms with Crippen molar-refractivity contribution in [2.75, 3.05) is 27.0 Å². The molecule has 29 nitrogen and oxygen atoms in total. The number of rotatable bonds is 16. The predicted molar refractivity (Wildman–Crippen MR) is 439 cm³/mol. The SMILES string of the molecule is COc1c(C)ccc2c(=O)c(C(=O)O)cn(C3CC3)c12.Cc1c(F)cc2c(=O)c(C(=O)O)cn3c2c1OC[C@@H]3C.Cc1c(F)cc2c(=O)c(C(=O)O)cn3c2c1OC[C@@H]3CF.Cc1ccc2c(=O)c(C(=O)O)cn(C3CC3)c2c1OC(F)F.Cc1ccc2c(=O)c(C(=O)O)cn([C@@H]3C[C@@H]3F)c2c1Cl.Cc1ccc2c(=O)c(C(=O)O)cn([C@@H]3C[C@@H]3F)c2c1OC(F)F. The van der Waals surface area contributed by atoms with Crippen LogP contribution in [0.3, 0.4) is 0 Å². The van der Waals surface area contributed by atoms with Crippen molar-refractivity contribution in [2.24, 2.45) is 0 Å². The summed E-state index contributed by atoms with van der Waals surface area (Å²) in [7, 11) is 1.56. The molecule has 0 radical (unpaired) electrons. The van der Waals surface area contributed by atoms with Gasteiger partial charge in [-0.15, -0.1) is 0 Å². The largest absolute Gasteiger partial charge is 0.494 e. The smallest absolute Gasteiger partial charge is 0.387 e. The molecule has 126 heavy (non-hydrogen) atoms. The van der Waals surface area contributed by atoms with Crippen LogP contribution in [0.5, 0.6) is 28.7 Å². The number of carboxylic acids is 6. The third-order valence-electron chi connectivity index (χ3n) is 22.2. The van der Waals surface area contributed by atoms with Gasteiger partial charge in [-0.05, 0) is 133 Å². The van der Waals surface area contributed by atoms with E-state index in [1.165, 1.54) is 82.7 Å². The van der Waals surface area contributed by atoms with Crippen molar-refractivity contribution in [1.29, 1.82) is 0 Å². The summed E-state index contributed by atoms with van der Waals surface area (Å²) in [5, 5.41) is 55.6. The normalized spacial score (nSPS) is 17.4. The molecule has 4 saturated carbocycles. The molecule has 6 aromatic heterocycles. The maximum Gasteiger partial charge on any atom is 0.387 e. The molecule has 6 atom stereocenters. The minimum Gasteiger partial charge on any atom is -0.494 e. The summed E-state index contributed by atoms with van der Waals surface area (Å²) in [6, 6.07) is 12.6. The Morgan fingerprint density at radius 1 is 0.429 bits per heavy atom. The monoisotopic (exact) mass is 1780 g/mol. The van der Waals surface area contributed by atoms with E-state index in [4.69, 9.17) is 51.3 Å². The molecule has 0 unspecified atom stereocenters. The predicted octanol–water partition coefficient (Wildman–Crippen LogP) is 15.3. The van der Waals surface area contributed by atoms with Gasteiger partial charge in [-0.2, -0.15) is 17.6 Å². The van der Waals surface area contributed by atoms with Crippen LogP contribution in [-0.2, 0) is 0 Å². The molecular weight excluding hydrogens is 1700 g/mol. The molecule has 4 aliphatic carbocycles. The van der Waals surface area contributed by atoms with Crippen molar-refractivity contribution in [3.05, 3.63) is 243 Å². The van der Waals surface area contributed by atoms with E-state index in [0.29, 0.717) is 68.2 Å². The Balaban J connectivity index is 0.000000130. The van der Waals surface area contributed by atoms with Crippen molar-refractivity contribution < 1.29 is 123 Å². The Labute approximate surface area is 706 Å². The number of aryl methyl sites for hydroxylation is 4. The van der Waals surface area contributed by atoms with Crippen molar-refractivity contribution in [2.45, 2.75) is 149 Å². The van der Waals surface area contributed by atoms with E-state index in [1.54, 1.807) is 55.2 Å². The Hall–Kier alpha value is -13.9. The summed E-state index contributed by atoms with van der Waals surface area (Å²) < 4.78 is 153. The van der Waals surface area contributed by atoms with Crippen LogP contribution in [0.1, 0.15) is 177 Å². The molecule has 6 aromatic carbocycles. The lowest BCUT2D eigenvalue weighted by molar-refractivity contribution is -0.0501. The molecule has 2 aliphatic heterocycles. The number of hydrogen-bond acceptors (Lipinski definition) is 17. The number of pyridine rings is 6. The summed E-state index contributed by atoms with van der Waals surface area (Å²) >= 11 is 6.23. The number of aromatic nitrogens is 6. The number of methoxy groups -OCH3 is 1. The van der Waals surface area contributed by atoms with Gasteiger partial charge in [0, 0.05) is 78.6 Å². The highest BCUT2D eigenvalue weighted by Crippen LogP contribution is 2.47. The highest BCUT2D eigenvalue weighted by Gasteiger charge is 2.43. The summed E-state index contributed by atoms with van der Waals surface area (Å²) in [4.78, 5) is 140. The average molecular weight is 1780 g/mol. The molecule has 39 heteroatoms. The van der Waals surface area contributed by atoms with Gasteiger partial charge in [-0.1, -0.05) is 35.9 Å². The van der Waals surface area contributed by atoms with Gasteiger partial charge in [-0.3, -0.25) is 28.8 Å². The molecule has 0 saturated heterocycles. The molecule has 0 bridgehead atoms. The fourth-order valence-electron chi connectivity index (χ4n) is 15.1. The maximum atomic E-state index is 13.9. The number of carbonyl (C=O) groups is 6. The van der Waals surface area contributed by atoms with Gasteiger partial charge >= 0.3 is 49.0 Å². The van der Waals surface area contributed by atoms with E-state index in [0.717, 1.165) is 61.3 Å². The standard InChI is InChI=1S/C15H12F3NO4.C15H13F2NO4.C15H15NO4.C14H11ClFNO3.C14H11F2NO4.C14H12FNO4/c1-6-2-3-7-11(13(6)23-15(17)18)19(10-4-9(10)16)5-8(12(7)20)14(21)22;1-7-2-5-9-11(13(7)22-15(16)17)18(8-3-4-8)6-10(12(9)19)14(20)21;1-8-3-6-10-12(14(8)20-2)16(9-4-5-9)7-11(13(10)17)15(18)19;1-6-2-3-7-12(11(6)15)17(10-4-9(10)16)5-8(13(7)18)14(19)20;1-6-10(16)2-8-11-13(6)21-5-7(3-15)17(11)4-9(12(8)18)14(19)20;1-6-5-20-13-7(2)10(15)3-8-11(13)16(6)4-9(12(8)17)14(18)19/h2-3,5,9-10,15H,4H2,1H3,(H,21,22);2,5-6,8,15H,3-4H2,1H3,(H,20,21);3,6-7,9H,4-5H2,1-2H3,(H,18,19);2-3,5,9-10H,4H2,1H3,(H,19,20);2,4,7H,3,5H2,1H3,(H,19,20);3-4,6H,5H2,1-2H3,(H,18,19)/t9-,10+;;;9-,10+;7-;6-/m0..000/s1. The quantitative estimate of drug-likeness (QED) is 0.0489. The van der Waals surface area contributed by atoms with Crippen LogP contribution in [0.2, 0.25) is 5.02 Å². The summed E-state index contributed by atoms with van der Waals surface area (Å²) in [5.41, 5.74) is -1.37. The number of nitrogens with zero attached hydrogens (tertiary/aromatic N) is 6. The van der Waals surface area contributed by atoms with Crippen LogP contribution in [0.4, 0.5) is 39.5 Å². The minimum atomic E-state index is -3.12. The number of fused-ring (bicyclic) bond motifs is 4. The van der Waals surface area contributed by atoms with Gasteiger partial charge in [0.1, 0.15) is 94.5 Å². The van der Waals surface area contributed by atoms with Gasteiger partial charge in [0.15, 0.2) is 11.5 Å². The van der Waals surface area contributed by atoms with Crippen LogP contribution < -0.4 is 56.3 Å². The minimum absolute atomic E-state index is 0.00280. The van der Waals surface area contributed by atoms with Gasteiger partial charge in [0.25, 0.3) is 0 Å². The van der Waals surface area contributed by atoms with Gasteiger partial charge < -0.3 is 81.7 Å². The second kappa shape index (κ2) is 35.0. The first-order chi connectivity index (χ1) is 59.5. The van der Waals surface area contributed by atoms with Crippen molar-refractivity contribution in [1.82, 2.24) is 27.4 Å². The average Bonchev–Trinajstić information content (AvgIpc) is 1.38. The highest BCUT2D eigenvalue weighted by molar-refractivity contribution is 6.36.